The van der Waals surface area contributed by atoms with Crippen LogP contribution >= 0.6 is 12.6 Å². The van der Waals surface area contributed by atoms with Crippen LogP contribution in [0.2, 0.25) is 0 Å². The average Bonchev–Trinajstić information content (AvgIpc) is 3.71. The number of aromatic amines is 1. The van der Waals surface area contributed by atoms with Crippen LogP contribution in [0.25, 0.3) is 0 Å². The lowest BCUT2D eigenvalue weighted by Gasteiger charge is -2.29. The highest BCUT2D eigenvalue weighted by Gasteiger charge is 2.36. The number of aromatic hydroxyl groups is 1. The van der Waals surface area contributed by atoms with E-state index in [1.165, 1.54) is 43.7 Å². The Balaban J connectivity index is 2.43. The molecule has 332 valence electrons. The molecule has 6 amide bonds. The first-order chi connectivity index (χ1) is 28.3. The zero-order valence-corrected chi connectivity index (χ0v) is 34.2. The highest BCUT2D eigenvalue weighted by Crippen LogP contribution is 2.13. The summed E-state index contributed by atoms with van der Waals surface area (Å²) < 4.78 is 0. The Labute approximate surface area is 350 Å². The first-order valence-electron chi connectivity index (χ1n) is 18.8. The van der Waals surface area contributed by atoms with Gasteiger partial charge in [-0.05, 0) is 43.4 Å². The van der Waals surface area contributed by atoms with E-state index in [0.29, 0.717) is 11.3 Å². The predicted molar refractivity (Wildman–Crippen MR) is 219 cm³/mol. The Morgan fingerprint density at radius 3 is 1.83 bits per heavy atom. The molecule has 1 aromatic carbocycles. The second kappa shape index (κ2) is 24.8. The van der Waals surface area contributed by atoms with E-state index in [-0.39, 0.29) is 49.7 Å². The standard InChI is InChI=1S/C36H56N12O11S/c1-17(2)27(47-29(52)22(37)15-60)33(56)45-25(12-20-13-40-16-42-20)32(55)48-28(18(3)50)34(57)44-24(11-19-6-8-21(51)9-7-19)31(54)43-23(5-4-10-41-36(38)39)30(53)46-26(14-49)35(58)59/h6-9,13,16-18,22-28,49-51,60H,4-5,10-12,14-15,37H2,1-3H3,(H,40,42)(H,43,54)(H,44,57)(H,45,56)(H,46,53)(H,47,52)(H,48,55)(H,58,59)(H4,38,39,41)/t18-,22+,23+,24+,25+,26+,27+,28+/m1/s1. The molecule has 24 heteroatoms. The van der Waals surface area contributed by atoms with Crippen molar-refractivity contribution in [3.63, 3.8) is 0 Å². The lowest BCUT2D eigenvalue weighted by molar-refractivity contribution is -0.143. The van der Waals surface area contributed by atoms with Crippen LogP contribution in [0.1, 0.15) is 44.9 Å². The number of imidazole rings is 1. The van der Waals surface area contributed by atoms with Crippen LogP contribution in [-0.2, 0) is 46.4 Å². The Morgan fingerprint density at radius 2 is 1.32 bits per heavy atom. The fourth-order valence-electron chi connectivity index (χ4n) is 5.47. The van der Waals surface area contributed by atoms with Gasteiger partial charge in [0, 0.05) is 37.0 Å². The van der Waals surface area contributed by atoms with E-state index in [4.69, 9.17) is 17.2 Å². The summed E-state index contributed by atoms with van der Waals surface area (Å²) in [5.74, 6) is -7.76. The summed E-state index contributed by atoms with van der Waals surface area (Å²) in [6, 6.07) is -4.45. The summed E-state index contributed by atoms with van der Waals surface area (Å²) in [6.45, 7) is 3.56. The van der Waals surface area contributed by atoms with Crippen molar-refractivity contribution in [1.29, 1.82) is 0 Å². The largest absolute Gasteiger partial charge is 0.508 e. The van der Waals surface area contributed by atoms with Crippen LogP contribution in [0.15, 0.2) is 41.8 Å². The predicted octanol–water partition coefficient (Wildman–Crippen LogP) is -4.77. The third-order valence-corrected chi connectivity index (χ3v) is 9.23. The SMILES string of the molecule is CC(C)[C@H](NC(=O)[C@@H](N)CS)C(=O)N[C@@H](Cc1cnc[nH]1)C(=O)N[C@H](C(=O)N[C@@H](Cc1ccc(O)cc1)C(=O)N[C@@H](CCCN=C(N)N)C(=O)N[C@@H](CO)C(=O)O)[C@@H](C)O. The normalized spacial score (nSPS) is 15.1. The van der Waals surface area contributed by atoms with Gasteiger partial charge in [-0.1, -0.05) is 26.0 Å². The number of hydrogen-bond donors (Lipinski definition) is 15. The zero-order chi connectivity index (χ0) is 45.1. The van der Waals surface area contributed by atoms with Crippen LogP contribution < -0.4 is 49.1 Å². The maximum atomic E-state index is 13.9. The van der Waals surface area contributed by atoms with Crippen molar-refractivity contribution < 1.29 is 54.0 Å². The first-order valence-corrected chi connectivity index (χ1v) is 19.4. The number of amides is 6. The van der Waals surface area contributed by atoms with E-state index in [9.17, 15) is 54.0 Å². The van der Waals surface area contributed by atoms with Gasteiger partial charge in [-0.15, -0.1) is 0 Å². The molecule has 0 aliphatic carbocycles. The van der Waals surface area contributed by atoms with Crippen LogP contribution in [0.5, 0.6) is 5.75 Å². The number of aromatic nitrogens is 2. The Morgan fingerprint density at radius 1 is 0.783 bits per heavy atom. The maximum Gasteiger partial charge on any atom is 0.328 e. The minimum atomic E-state index is -1.75. The molecule has 17 N–H and O–H groups in total. The number of thiol groups is 1. The van der Waals surface area contributed by atoms with Gasteiger partial charge in [-0.25, -0.2) is 9.78 Å². The third-order valence-electron chi connectivity index (χ3n) is 8.84. The summed E-state index contributed by atoms with van der Waals surface area (Å²) >= 11 is 4.02. The van der Waals surface area contributed by atoms with Crippen molar-refractivity contribution >= 4 is 60.0 Å². The van der Waals surface area contributed by atoms with Crippen LogP contribution in [0, 0.1) is 5.92 Å². The van der Waals surface area contributed by atoms with Crippen molar-refractivity contribution in [3.05, 3.63) is 48.0 Å². The lowest BCUT2D eigenvalue weighted by Crippen LogP contribution is -2.62. The number of aliphatic hydroxyl groups excluding tert-OH is 2. The van der Waals surface area contributed by atoms with Gasteiger partial charge < -0.3 is 74.5 Å². The molecule has 1 aromatic heterocycles. The number of phenolic OH excluding ortho intramolecular Hbond substituents is 1. The molecule has 0 bridgehead atoms. The number of nitrogens with one attached hydrogen (secondary N) is 7. The Kier molecular flexibility index (Phi) is 20.8. The molecule has 23 nitrogen and oxygen atoms in total. The number of hydrogen-bond acceptors (Lipinski definition) is 14. The van der Waals surface area contributed by atoms with E-state index < -0.39 is 102 Å². The second-order valence-electron chi connectivity index (χ2n) is 14.1. The summed E-state index contributed by atoms with van der Waals surface area (Å²) in [5.41, 5.74) is 17.3. The van der Waals surface area contributed by atoms with Gasteiger partial charge in [0.25, 0.3) is 0 Å². The van der Waals surface area contributed by atoms with Crippen LogP contribution in [-0.4, -0.2) is 145 Å². The highest BCUT2D eigenvalue weighted by atomic mass is 32.1. The number of carboxylic acids is 1. The molecular formula is C36H56N12O11S. The van der Waals surface area contributed by atoms with Gasteiger partial charge in [0.2, 0.25) is 35.4 Å². The molecule has 0 aliphatic heterocycles. The van der Waals surface area contributed by atoms with Gasteiger partial charge in [-0.2, -0.15) is 12.6 Å². The number of nitrogens with zero attached hydrogens (tertiary/aromatic N) is 2. The second-order valence-corrected chi connectivity index (χ2v) is 14.5. The monoisotopic (exact) mass is 864 g/mol. The number of aliphatic imine (C=N–C) groups is 1. The number of benzene rings is 1. The maximum absolute atomic E-state index is 13.9. The number of rotatable bonds is 25. The molecule has 0 aliphatic rings. The molecule has 0 fully saturated rings. The number of aliphatic carboxylic acids is 1. The number of nitrogens with two attached hydrogens (primary N) is 3. The fourth-order valence-corrected chi connectivity index (χ4v) is 5.63. The summed E-state index contributed by atoms with van der Waals surface area (Å²) in [5, 5.41) is 54.1. The van der Waals surface area contributed by atoms with Crippen LogP contribution in [0.4, 0.5) is 0 Å². The molecule has 0 radical (unpaired) electrons. The van der Waals surface area contributed by atoms with E-state index in [0.717, 1.165) is 0 Å². The minimum Gasteiger partial charge on any atom is -0.508 e. The summed E-state index contributed by atoms with van der Waals surface area (Å²) in [6.07, 6.45) is 0.673. The van der Waals surface area contributed by atoms with Crippen LogP contribution in [0.3, 0.4) is 0 Å². The topological polar surface area (TPSA) is 392 Å². The quantitative estimate of drug-likeness (QED) is 0.0193. The number of carboxylic acid groups (broad SMARTS) is 1. The highest BCUT2D eigenvalue weighted by molar-refractivity contribution is 7.80. The number of carbonyl (C=O) groups is 7. The number of H-pyrrole nitrogens is 1. The number of phenols is 1. The zero-order valence-electron chi connectivity index (χ0n) is 33.3. The summed E-state index contributed by atoms with van der Waals surface area (Å²) in [4.78, 5) is 103. The van der Waals surface area contributed by atoms with Gasteiger partial charge >= 0.3 is 5.97 Å². The fraction of sp³-hybridized carbons (Fsp3) is 0.528. The Bertz CT molecular complexity index is 1780. The Hall–Kier alpha value is -5.98. The molecule has 0 spiro atoms. The third kappa shape index (κ3) is 16.7. The average molecular weight is 865 g/mol. The van der Waals surface area contributed by atoms with Gasteiger partial charge in [-0.3, -0.25) is 33.8 Å². The van der Waals surface area contributed by atoms with Crippen molar-refractivity contribution in [2.24, 2.45) is 28.1 Å². The molecule has 0 saturated heterocycles. The van der Waals surface area contributed by atoms with E-state index >= 15 is 0 Å². The number of aliphatic hydroxyl groups is 2. The molecule has 60 heavy (non-hydrogen) atoms. The number of guanidine groups is 1. The van der Waals surface area contributed by atoms with Crippen molar-refractivity contribution in [1.82, 2.24) is 41.9 Å². The number of carbonyl (C=O) groups excluding carboxylic acids is 6. The minimum absolute atomic E-state index is 0.00216. The van der Waals surface area contributed by atoms with Gasteiger partial charge in [0.1, 0.15) is 42.0 Å². The van der Waals surface area contributed by atoms with Crippen molar-refractivity contribution in [2.45, 2.75) is 94.9 Å². The molecule has 8 atom stereocenters. The van der Waals surface area contributed by atoms with E-state index in [1.54, 1.807) is 13.8 Å². The molecule has 1 heterocycles. The van der Waals surface area contributed by atoms with Crippen molar-refractivity contribution in [3.8, 4) is 5.75 Å². The smallest absolute Gasteiger partial charge is 0.328 e. The first kappa shape index (κ1) is 50.2. The molecule has 2 rings (SSSR count). The van der Waals surface area contributed by atoms with E-state index in [2.05, 4.69) is 59.5 Å². The molecule has 0 unspecified atom stereocenters. The molecule has 0 saturated carbocycles. The van der Waals surface area contributed by atoms with E-state index in [1.807, 2.05) is 0 Å². The lowest BCUT2D eigenvalue weighted by atomic mass is 10.0. The van der Waals surface area contributed by atoms with Crippen molar-refractivity contribution in [2.75, 3.05) is 18.9 Å². The molecular weight excluding hydrogens is 809 g/mol. The summed E-state index contributed by atoms with van der Waals surface area (Å²) in [7, 11) is 0. The molecule has 2 aromatic rings. The van der Waals surface area contributed by atoms with Gasteiger partial charge in [0.05, 0.1) is 25.1 Å². The van der Waals surface area contributed by atoms with Gasteiger partial charge in [0.15, 0.2) is 5.96 Å².